The molecule has 56 heavy (non-hydrogen) atoms. The first-order chi connectivity index (χ1) is 26.6. The minimum absolute atomic E-state index is 0. The van der Waals surface area contributed by atoms with Crippen molar-refractivity contribution in [2.24, 2.45) is 0 Å². The summed E-state index contributed by atoms with van der Waals surface area (Å²) in [6.45, 7) is 7.72. The summed E-state index contributed by atoms with van der Waals surface area (Å²) in [6.07, 6.45) is -0.967. The number of ether oxygens (including phenoxy) is 3. The SMILES string of the molecule is CCOC(=O)CCCn1cc(C(=O)c2ccc(NCc3ccc(C(F)(F)F)cc3)c(OCCCN3CCN(c4ccccc4OC)CC3)c2)c2ccccc21.Cl. The summed E-state index contributed by atoms with van der Waals surface area (Å²) < 4.78 is 58.4. The molecule has 1 saturated heterocycles. The van der Waals surface area contributed by atoms with Crippen LogP contribution in [0.15, 0.2) is 97.2 Å². The average molecular weight is 793 g/mol. The number of hydrogen-bond donors (Lipinski definition) is 1. The molecule has 1 fully saturated rings. The van der Waals surface area contributed by atoms with Crippen LogP contribution in [0.1, 0.15) is 53.2 Å². The topological polar surface area (TPSA) is 85.3 Å². The van der Waals surface area contributed by atoms with Crippen molar-refractivity contribution in [3.8, 4) is 11.5 Å². The highest BCUT2D eigenvalue weighted by Gasteiger charge is 2.30. The molecule has 0 unspecified atom stereocenters. The van der Waals surface area contributed by atoms with Crippen molar-refractivity contribution in [3.63, 3.8) is 0 Å². The molecule has 0 bridgehead atoms. The summed E-state index contributed by atoms with van der Waals surface area (Å²) in [5.74, 6) is 0.926. The Morgan fingerprint density at radius 2 is 1.57 bits per heavy atom. The van der Waals surface area contributed by atoms with Crippen LogP contribution in [0.2, 0.25) is 0 Å². The fourth-order valence-electron chi connectivity index (χ4n) is 6.91. The lowest BCUT2D eigenvalue weighted by atomic mass is 10.0. The number of methoxy groups -OCH3 is 1. The molecule has 0 amide bonds. The van der Waals surface area contributed by atoms with E-state index in [2.05, 4.69) is 21.2 Å². The van der Waals surface area contributed by atoms with E-state index < -0.39 is 11.7 Å². The number of carbonyl (C=O) groups excluding carboxylic acids is 2. The number of para-hydroxylation sites is 3. The van der Waals surface area contributed by atoms with Gasteiger partial charge < -0.3 is 29.0 Å². The van der Waals surface area contributed by atoms with Gasteiger partial charge in [-0.05, 0) is 73.9 Å². The van der Waals surface area contributed by atoms with Crippen LogP contribution in [-0.2, 0) is 28.8 Å². The van der Waals surface area contributed by atoms with Gasteiger partial charge >= 0.3 is 12.1 Å². The number of aromatic nitrogens is 1. The number of nitrogens with zero attached hydrogens (tertiary/aromatic N) is 3. The molecule has 1 N–H and O–H groups in total. The predicted molar refractivity (Wildman–Crippen MR) is 215 cm³/mol. The largest absolute Gasteiger partial charge is 0.495 e. The Balaban J connectivity index is 0.00000600. The van der Waals surface area contributed by atoms with E-state index >= 15 is 0 Å². The van der Waals surface area contributed by atoms with Crippen molar-refractivity contribution < 1.29 is 37.0 Å². The molecule has 298 valence electrons. The number of aryl methyl sites for hydroxylation is 1. The first kappa shape index (κ1) is 42.0. The van der Waals surface area contributed by atoms with Gasteiger partial charge in [-0.2, -0.15) is 13.2 Å². The Hall–Kier alpha value is -5.20. The highest BCUT2D eigenvalue weighted by Crippen LogP contribution is 2.32. The summed E-state index contributed by atoms with van der Waals surface area (Å²) >= 11 is 0. The second kappa shape index (κ2) is 19.6. The molecule has 4 aromatic carbocycles. The lowest BCUT2D eigenvalue weighted by Gasteiger charge is -2.36. The van der Waals surface area contributed by atoms with Gasteiger partial charge in [0.25, 0.3) is 0 Å². The summed E-state index contributed by atoms with van der Waals surface area (Å²) in [5.41, 5.74) is 3.56. The van der Waals surface area contributed by atoms with Gasteiger partial charge in [-0.15, -0.1) is 12.4 Å². The lowest BCUT2D eigenvalue weighted by molar-refractivity contribution is -0.143. The third-order valence-electron chi connectivity index (χ3n) is 9.80. The van der Waals surface area contributed by atoms with E-state index in [1.807, 2.05) is 53.2 Å². The van der Waals surface area contributed by atoms with Crippen molar-refractivity contribution in [1.29, 1.82) is 0 Å². The second-order valence-electron chi connectivity index (χ2n) is 13.5. The number of nitrogens with one attached hydrogen (secondary N) is 1. The van der Waals surface area contributed by atoms with Gasteiger partial charge in [-0.1, -0.05) is 42.5 Å². The molecule has 0 radical (unpaired) electrons. The maximum absolute atomic E-state index is 14.1. The third kappa shape index (κ3) is 10.6. The highest BCUT2D eigenvalue weighted by atomic mass is 35.5. The van der Waals surface area contributed by atoms with Gasteiger partial charge in [0.1, 0.15) is 11.5 Å². The van der Waals surface area contributed by atoms with E-state index in [1.54, 1.807) is 32.2 Å². The molecule has 0 aliphatic carbocycles. The number of esters is 1. The molecule has 0 atom stereocenters. The van der Waals surface area contributed by atoms with Crippen LogP contribution in [0.5, 0.6) is 11.5 Å². The summed E-state index contributed by atoms with van der Waals surface area (Å²) in [4.78, 5) is 30.8. The van der Waals surface area contributed by atoms with E-state index in [1.165, 1.54) is 12.1 Å². The molecule has 0 saturated carbocycles. The molecule has 2 heterocycles. The summed E-state index contributed by atoms with van der Waals surface area (Å²) in [5, 5.41) is 4.11. The number of benzene rings is 4. The van der Waals surface area contributed by atoms with Crippen LogP contribution in [0.25, 0.3) is 10.9 Å². The van der Waals surface area contributed by atoms with Crippen LogP contribution >= 0.6 is 12.4 Å². The third-order valence-corrected chi connectivity index (χ3v) is 9.80. The second-order valence-corrected chi connectivity index (χ2v) is 13.5. The maximum atomic E-state index is 14.1. The smallest absolute Gasteiger partial charge is 0.416 e. The lowest BCUT2D eigenvalue weighted by Crippen LogP contribution is -2.46. The fraction of sp³-hybridized carbons (Fsp3) is 0.349. The van der Waals surface area contributed by atoms with Gasteiger partial charge in [-0.25, -0.2) is 0 Å². The molecular weight excluding hydrogens is 745 g/mol. The number of halogens is 4. The first-order valence-electron chi connectivity index (χ1n) is 18.7. The first-order valence-corrected chi connectivity index (χ1v) is 18.7. The Kier molecular flexibility index (Phi) is 14.7. The van der Waals surface area contributed by atoms with Crippen molar-refractivity contribution >= 4 is 46.4 Å². The van der Waals surface area contributed by atoms with E-state index in [4.69, 9.17) is 14.2 Å². The van der Waals surface area contributed by atoms with E-state index in [0.29, 0.717) is 54.3 Å². The van der Waals surface area contributed by atoms with E-state index in [9.17, 15) is 22.8 Å². The van der Waals surface area contributed by atoms with Gasteiger partial charge in [0, 0.05) is 80.5 Å². The van der Waals surface area contributed by atoms with Crippen LogP contribution < -0.4 is 19.7 Å². The van der Waals surface area contributed by atoms with Crippen molar-refractivity contribution in [2.75, 3.05) is 63.3 Å². The fourth-order valence-corrected chi connectivity index (χ4v) is 6.91. The Morgan fingerprint density at radius 3 is 2.30 bits per heavy atom. The normalized spacial score (nSPS) is 13.3. The molecular formula is C43H48ClF3N4O5. The quantitative estimate of drug-likeness (QED) is 0.0568. The molecule has 9 nitrogen and oxygen atoms in total. The molecule has 13 heteroatoms. The number of alkyl halides is 3. The molecule has 1 aliphatic rings. The van der Waals surface area contributed by atoms with Crippen LogP contribution in [0, 0.1) is 0 Å². The molecule has 0 spiro atoms. The number of anilines is 2. The molecule has 6 rings (SSSR count). The number of fused-ring (bicyclic) bond motifs is 1. The van der Waals surface area contributed by atoms with Crippen molar-refractivity contribution in [3.05, 3.63) is 119 Å². The summed E-state index contributed by atoms with van der Waals surface area (Å²) in [6, 6.07) is 26.0. The van der Waals surface area contributed by atoms with E-state index in [-0.39, 0.29) is 37.1 Å². The number of rotatable bonds is 17. The van der Waals surface area contributed by atoms with Crippen molar-refractivity contribution in [2.45, 2.75) is 45.5 Å². The zero-order chi connectivity index (χ0) is 38.8. The van der Waals surface area contributed by atoms with Crippen molar-refractivity contribution in [1.82, 2.24) is 9.47 Å². The van der Waals surface area contributed by atoms with E-state index in [0.717, 1.165) is 73.6 Å². The highest BCUT2D eigenvalue weighted by molar-refractivity contribution is 6.16. The van der Waals surface area contributed by atoms with Gasteiger partial charge in [-0.3, -0.25) is 14.5 Å². The number of carbonyl (C=O) groups is 2. The van der Waals surface area contributed by atoms with Crippen LogP contribution in [0.4, 0.5) is 24.5 Å². The monoisotopic (exact) mass is 792 g/mol. The molecule has 1 aliphatic heterocycles. The Morgan fingerprint density at radius 1 is 0.839 bits per heavy atom. The van der Waals surface area contributed by atoms with Gasteiger partial charge in [0.15, 0.2) is 5.78 Å². The zero-order valence-corrected chi connectivity index (χ0v) is 32.5. The number of ketones is 1. The predicted octanol–water partition coefficient (Wildman–Crippen LogP) is 8.87. The average Bonchev–Trinajstić information content (AvgIpc) is 3.57. The molecule has 5 aromatic rings. The minimum Gasteiger partial charge on any atom is -0.495 e. The number of piperazine rings is 1. The Labute approximate surface area is 331 Å². The van der Waals surface area contributed by atoms with Gasteiger partial charge in [0.2, 0.25) is 0 Å². The van der Waals surface area contributed by atoms with Crippen LogP contribution in [0.3, 0.4) is 0 Å². The standard InChI is InChI=1S/C43H47F3N4O5.ClH/c1-3-54-41(51)14-8-22-50-30-35(34-10-4-5-11-37(34)50)42(52)32-17-20-36(47-29-31-15-18-33(19-16-31)43(44,45)46)40(28-32)55-27-9-21-48-23-25-49(26-24-48)38-12-6-7-13-39(38)53-2;/h4-7,10-13,15-20,28,30,47H,3,8-9,14,21-27,29H2,1-2H3;1H. The minimum atomic E-state index is -4.41. The maximum Gasteiger partial charge on any atom is 0.416 e. The van der Waals surface area contributed by atoms with Crippen LogP contribution in [-0.4, -0.2) is 74.3 Å². The zero-order valence-electron chi connectivity index (χ0n) is 31.6. The molecule has 1 aromatic heterocycles. The number of hydrogen-bond acceptors (Lipinski definition) is 8. The Bertz CT molecular complexity index is 2060. The van der Waals surface area contributed by atoms with Gasteiger partial charge in [0.05, 0.1) is 37.3 Å². The summed E-state index contributed by atoms with van der Waals surface area (Å²) in [7, 11) is 1.69.